The van der Waals surface area contributed by atoms with Crippen molar-refractivity contribution in [2.24, 2.45) is 11.8 Å². The van der Waals surface area contributed by atoms with E-state index in [1.54, 1.807) is 7.11 Å². The van der Waals surface area contributed by atoms with Crippen molar-refractivity contribution in [1.82, 2.24) is 5.32 Å². The summed E-state index contributed by atoms with van der Waals surface area (Å²) in [5.41, 5.74) is 1.00. The molecule has 0 aromatic heterocycles. The van der Waals surface area contributed by atoms with Crippen LogP contribution in [0.15, 0.2) is 24.3 Å². The highest BCUT2D eigenvalue weighted by Crippen LogP contribution is 2.12. The molecule has 100 valence electrons. The van der Waals surface area contributed by atoms with Gasteiger partial charge in [0.1, 0.15) is 5.75 Å². The molecule has 0 aliphatic carbocycles. The lowest BCUT2D eigenvalue weighted by molar-refractivity contribution is -0.127. The van der Waals surface area contributed by atoms with Crippen LogP contribution in [0.2, 0.25) is 0 Å². The standard InChI is InChI=1S/C14H21NO3/c1-10(2)13(9-16)14(17)15-8-11-4-6-12(18-3)7-5-11/h4-7,10,13,16H,8-9H2,1-3H3,(H,15,17). The van der Waals surface area contributed by atoms with Gasteiger partial charge in [0.25, 0.3) is 0 Å². The van der Waals surface area contributed by atoms with Crippen molar-refractivity contribution in [3.05, 3.63) is 29.8 Å². The molecule has 0 aliphatic rings. The number of hydrogen-bond donors (Lipinski definition) is 2. The highest BCUT2D eigenvalue weighted by atomic mass is 16.5. The van der Waals surface area contributed by atoms with Crippen LogP contribution in [-0.4, -0.2) is 24.7 Å². The lowest BCUT2D eigenvalue weighted by Gasteiger charge is -2.17. The van der Waals surface area contributed by atoms with E-state index in [-0.39, 0.29) is 24.3 Å². The van der Waals surface area contributed by atoms with Crippen LogP contribution < -0.4 is 10.1 Å². The van der Waals surface area contributed by atoms with Gasteiger partial charge in [-0.1, -0.05) is 26.0 Å². The van der Waals surface area contributed by atoms with E-state index >= 15 is 0 Å². The van der Waals surface area contributed by atoms with E-state index in [0.717, 1.165) is 11.3 Å². The average molecular weight is 251 g/mol. The molecule has 0 heterocycles. The minimum Gasteiger partial charge on any atom is -0.497 e. The van der Waals surface area contributed by atoms with E-state index in [1.165, 1.54) is 0 Å². The fraction of sp³-hybridized carbons (Fsp3) is 0.500. The average Bonchev–Trinajstić information content (AvgIpc) is 2.37. The van der Waals surface area contributed by atoms with Crippen LogP contribution in [0, 0.1) is 11.8 Å². The first-order valence-electron chi connectivity index (χ1n) is 6.10. The van der Waals surface area contributed by atoms with Crippen LogP contribution in [0.25, 0.3) is 0 Å². The molecule has 0 fully saturated rings. The number of ether oxygens (including phenoxy) is 1. The largest absolute Gasteiger partial charge is 0.497 e. The normalized spacial score (nSPS) is 12.3. The minimum absolute atomic E-state index is 0.108. The van der Waals surface area contributed by atoms with Crippen LogP contribution in [0.3, 0.4) is 0 Å². The van der Waals surface area contributed by atoms with Gasteiger partial charge in [0.2, 0.25) is 5.91 Å². The number of carbonyl (C=O) groups is 1. The van der Waals surface area contributed by atoms with Gasteiger partial charge in [0.15, 0.2) is 0 Å². The fourth-order valence-electron chi connectivity index (χ4n) is 1.66. The molecule has 1 rings (SSSR count). The van der Waals surface area contributed by atoms with E-state index in [9.17, 15) is 4.79 Å². The maximum atomic E-state index is 11.8. The van der Waals surface area contributed by atoms with Crippen LogP contribution in [-0.2, 0) is 11.3 Å². The molecule has 1 aromatic rings. The van der Waals surface area contributed by atoms with Crippen molar-refractivity contribution in [2.75, 3.05) is 13.7 Å². The van der Waals surface area contributed by atoms with Crippen LogP contribution >= 0.6 is 0 Å². The Morgan fingerprint density at radius 1 is 1.33 bits per heavy atom. The van der Waals surface area contributed by atoms with Gasteiger partial charge in [-0.15, -0.1) is 0 Å². The molecule has 0 saturated carbocycles. The summed E-state index contributed by atoms with van der Waals surface area (Å²) in [6, 6.07) is 7.52. The lowest BCUT2D eigenvalue weighted by Crippen LogP contribution is -2.35. The first-order valence-corrected chi connectivity index (χ1v) is 6.10. The summed E-state index contributed by atoms with van der Waals surface area (Å²) in [5, 5.41) is 12.0. The van der Waals surface area contributed by atoms with Crippen molar-refractivity contribution in [3.63, 3.8) is 0 Å². The summed E-state index contributed by atoms with van der Waals surface area (Å²) in [4.78, 5) is 11.8. The Morgan fingerprint density at radius 2 is 1.94 bits per heavy atom. The third kappa shape index (κ3) is 4.04. The Labute approximate surface area is 108 Å². The SMILES string of the molecule is COc1ccc(CNC(=O)C(CO)C(C)C)cc1. The van der Waals surface area contributed by atoms with Crippen LogP contribution in [0.1, 0.15) is 19.4 Å². The minimum atomic E-state index is -0.344. The molecule has 1 amide bonds. The molecule has 1 unspecified atom stereocenters. The molecule has 4 nitrogen and oxygen atoms in total. The van der Waals surface area contributed by atoms with Gasteiger partial charge in [-0.05, 0) is 23.6 Å². The number of aliphatic hydroxyl groups excluding tert-OH is 1. The summed E-state index contributed by atoms with van der Waals surface area (Å²) >= 11 is 0. The van der Waals surface area contributed by atoms with Gasteiger partial charge in [-0.2, -0.15) is 0 Å². The summed E-state index contributed by atoms with van der Waals surface area (Å²) < 4.78 is 5.06. The van der Waals surface area contributed by atoms with E-state index in [4.69, 9.17) is 9.84 Å². The second kappa shape index (κ2) is 7.01. The smallest absolute Gasteiger partial charge is 0.225 e. The van der Waals surface area contributed by atoms with Gasteiger partial charge in [-0.3, -0.25) is 4.79 Å². The van der Waals surface area contributed by atoms with Gasteiger partial charge in [0, 0.05) is 6.54 Å². The molecule has 0 spiro atoms. The van der Waals surface area contributed by atoms with E-state index < -0.39 is 0 Å². The number of aliphatic hydroxyl groups is 1. The molecule has 4 heteroatoms. The number of benzene rings is 1. The molecule has 0 saturated heterocycles. The maximum absolute atomic E-state index is 11.8. The van der Waals surface area contributed by atoms with Crippen LogP contribution in [0.5, 0.6) is 5.75 Å². The van der Waals surface area contributed by atoms with Gasteiger partial charge in [0.05, 0.1) is 19.6 Å². The fourth-order valence-corrected chi connectivity index (χ4v) is 1.66. The molecule has 1 atom stereocenters. The second-order valence-corrected chi connectivity index (χ2v) is 4.60. The zero-order valence-electron chi connectivity index (χ0n) is 11.1. The summed E-state index contributed by atoms with van der Waals surface area (Å²) in [7, 11) is 1.62. The van der Waals surface area contributed by atoms with Crippen molar-refractivity contribution in [1.29, 1.82) is 0 Å². The molecule has 2 N–H and O–H groups in total. The Bertz CT molecular complexity index is 373. The zero-order chi connectivity index (χ0) is 13.5. The summed E-state index contributed by atoms with van der Waals surface area (Å²) in [6.45, 7) is 4.19. The van der Waals surface area contributed by atoms with E-state index in [0.29, 0.717) is 6.54 Å². The summed E-state index contributed by atoms with van der Waals surface area (Å²) in [5.74, 6) is 0.470. The predicted octanol–water partition coefficient (Wildman–Crippen LogP) is 1.58. The number of hydrogen-bond acceptors (Lipinski definition) is 3. The maximum Gasteiger partial charge on any atom is 0.225 e. The predicted molar refractivity (Wildman–Crippen MR) is 70.3 cm³/mol. The first kappa shape index (κ1) is 14.5. The topological polar surface area (TPSA) is 58.6 Å². The van der Waals surface area contributed by atoms with Gasteiger partial charge >= 0.3 is 0 Å². The third-order valence-corrected chi connectivity index (χ3v) is 2.96. The molecule has 18 heavy (non-hydrogen) atoms. The third-order valence-electron chi connectivity index (χ3n) is 2.96. The highest BCUT2D eigenvalue weighted by molar-refractivity contribution is 5.78. The van der Waals surface area contributed by atoms with Crippen molar-refractivity contribution in [3.8, 4) is 5.75 Å². The second-order valence-electron chi connectivity index (χ2n) is 4.60. The van der Waals surface area contributed by atoms with E-state index in [1.807, 2.05) is 38.1 Å². The van der Waals surface area contributed by atoms with Gasteiger partial charge in [-0.25, -0.2) is 0 Å². The molecular formula is C14H21NO3. The molecule has 0 bridgehead atoms. The number of carbonyl (C=O) groups excluding carboxylic acids is 1. The highest BCUT2D eigenvalue weighted by Gasteiger charge is 2.20. The Kier molecular flexibility index (Phi) is 5.65. The van der Waals surface area contributed by atoms with Crippen molar-refractivity contribution in [2.45, 2.75) is 20.4 Å². The molecular weight excluding hydrogens is 230 g/mol. The zero-order valence-corrected chi connectivity index (χ0v) is 11.1. The number of methoxy groups -OCH3 is 1. The number of amides is 1. The Morgan fingerprint density at radius 3 is 2.39 bits per heavy atom. The first-order chi connectivity index (χ1) is 8.58. The number of rotatable bonds is 6. The monoisotopic (exact) mass is 251 g/mol. The number of nitrogens with one attached hydrogen (secondary N) is 1. The quantitative estimate of drug-likeness (QED) is 0.807. The van der Waals surface area contributed by atoms with Gasteiger partial charge < -0.3 is 15.2 Å². The van der Waals surface area contributed by atoms with Crippen molar-refractivity contribution >= 4 is 5.91 Å². The Hall–Kier alpha value is -1.55. The lowest BCUT2D eigenvalue weighted by atomic mass is 9.96. The molecule has 0 radical (unpaired) electrons. The van der Waals surface area contributed by atoms with Crippen LogP contribution in [0.4, 0.5) is 0 Å². The molecule has 0 aliphatic heterocycles. The van der Waals surface area contributed by atoms with Crippen molar-refractivity contribution < 1.29 is 14.6 Å². The Balaban J connectivity index is 2.51. The van der Waals surface area contributed by atoms with E-state index in [2.05, 4.69) is 5.32 Å². The molecule has 1 aromatic carbocycles. The summed E-state index contributed by atoms with van der Waals surface area (Å²) in [6.07, 6.45) is 0.